The lowest BCUT2D eigenvalue weighted by Crippen LogP contribution is -2.25. The zero-order valence-electron chi connectivity index (χ0n) is 12.6. The molecule has 0 unspecified atom stereocenters. The lowest BCUT2D eigenvalue weighted by molar-refractivity contribution is 0.100. The zero-order chi connectivity index (χ0) is 14.8. The number of anilines is 1. The highest BCUT2D eigenvalue weighted by molar-refractivity contribution is 5.93. The molecule has 108 valence electrons. The van der Waals surface area contributed by atoms with E-state index in [4.69, 9.17) is 5.73 Å². The molecule has 0 fully saturated rings. The van der Waals surface area contributed by atoms with Crippen LogP contribution in [0.4, 0.5) is 5.69 Å². The van der Waals surface area contributed by atoms with E-state index < -0.39 is 0 Å². The molecular formula is C17H24N2O. The molecule has 2 rings (SSSR count). The van der Waals surface area contributed by atoms with Crippen molar-refractivity contribution >= 4 is 11.6 Å². The number of allylic oxidation sites excluding steroid dienone is 1. The van der Waals surface area contributed by atoms with Gasteiger partial charge in [-0.05, 0) is 55.4 Å². The number of benzene rings is 1. The van der Waals surface area contributed by atoms with Gasteiger partial charge in [0.2, 0.25) is 5.91 Å². The molecule has 0 spiro atoms. The lowest BCUT2D eigenvalue weighted by Gasteiger charge is -2.35. The van der Waals surface area contributed by atoms with Gasteiger partial charge < -0.3 is 11.1 Å². The van der Waals surface area contributed by atoms with E-state index in [-0.39, 0.29) is 11.3 Å². The highest BCUT2D eigenvalue weighted by atomic mass is 16.1. The Morgan fingerprint density at radius 1 is 1.40 bits per heavy atom. The van der Waals surface area contributed by atoms with Crippen LogP contribution in [0.2, 0.25) is 0 Å². The quantitative estimate of drug-likeness (QED) is 0.821. The first-order chi connectivity index (χ1) is 9.40. The molecule has 0 aromatic heterocycles. The van der Waals surface area contributed by atoms with E-state index in [1.54, 1.807) is 6.07 Å². The topological polar surface area (TPSA) is 55.1 Å². The molecule has 0 radical (unpaired) electrons. The normalized spacial score (nSPS) is 17.9. The summed E-state index contributed by atoms with van der Waals surface area (Å²) in [6, 6.07) is 7.38. The predicted molar refractivity (Wildman–Crippen MR) is 83.8 cm³/mol. The van der Waals surface area contributed by atoms with Crippen LogP contribution in [0.1, 0.15) is 50.4 Å². The van der Waals surface area contributed by atoms with E-state index in [1.807, 2.05) is 18.2 Å². The first-order valence-electron chi connectivity index (χ1n) is 7.23. The van der Waals surface area contributed by atoms with Crippen LogP contribution in [0.15, 0.2) is 35.4 Å². The first kappa shape index (κ1) is 14.6. The summed E-state index contributed by atoms with van der Waals surface area (Å²) in [7, 11) is 0. The molecule has 0 saturated heterocycles. The highest BCUT2D eigenvalue weighted by Crippen LogP contribution is 2.39. The van der Waals surface area contributed by atoms with Gasteiger partial charge in [-0.25, -0.2) is 0 Å². The Morgan fingerprint density at radius 2 is 2.15 bits per heavy atom. The molecule has 1 aromatic carbocycles. The first-order valence-corrected chi connectivity index (χ1v) is 7.23. The number of nitrogens with one attached hydrogen (secondary N) is 1. The smallest absolute Gasteiger partial charge is 0.248 e. The van der Waals surface area contributed by atoms with Crippen molar-refractivity contribution in [2.75, 3.05) is 11.9 Å². The van der Waals surface area contributed by atoms with Crippen LogP contribution < -0.4 is 11.1 Å². The largest absolute Gasteiger partial charge is 0.381 e. The second-order valence-electron chi connectivity index (χ2n) is 6.29. The van der Waals surface area contributed by atoms with Crippen molar-refractivity contribution in [1.82, 2.24) is 0 Å². The number of carbonyl (C=O) groups is 1. The third-order valence-corrected chi connectivity index (χ3v) is 4.30. The predicted octanol–water partition coefficient (Wildman–Crippen LogP) is 3.72. The van der Waals surface area contributed by atoms with E-state index in [1.165, 1.54) is 30.4 Å². The number of primary amides is 1. The molecule has 20 heavy (non-hydrogen) atoms. The van der Waals surface area contributed by atoms with E-state index >= 15 is 0 Å². The number of carbonyl (C=O) groups excluding carboxylic acids is 1. The van der Waals surface area contributed by atoms with Crippen LogP contribution in [0.5, 0.6) is 0 Å². The van der Waals surface area contributed by atoms with Crippen LogP contribution in [0, 0.1) is 5.41 Å². The molecule has 0 bridgehead atoms. The van der Waals surface area contributed by atoms with Gasteiger partial charge in [0, 0.05) is 17.8 Å². The molecule has 0 heterocycles. The fourth-order valence-corrected chi connectivity index (χ4v) is 3.04. The van der Waals surface area contributed by atoms with Crippen LogP contribution in [0.3, 0.4) is 0 Å². The maximum Gasteiger partial charge on any atom is 0.248 e. The Balaban J connectivity index is 2.12. The Kier molecular flexibility index (Phi) is 4.17. The summed E-state index contributed by atoms with van der Waals surface area (Å²) in [5, 5.41) is 3.43. The van der Waals surface area contributed by atoms with Crippen LogP contribution >= 0.6 is 0 Å². The monoisotopic (exact) mass is 272 g/mol. The molecule has 1 aromatic rings. The summed E-state index contributed by atoms with van der Waals surface area (Å²) < 4.78 is 0. The van der Waals surface area contributed by atoms with Crippen molar-refractivity contribution in [2.45, 2.75) is 40.0 Å². The molecule has 1 aliphatic rings. The van der Waals surface area contributed by atoms with Crippen molar-refractivity contribution in [3.8, 4) is 0 Å². The number of rotatable bonds is 4. The minimum absolute atomic E-state index is 0.261. The van der Waals surface area contributed by atoms with Gasteiger partial charge in [-0.2, -0.15) is 0 Å². The number of hydrogen-bond donors (Lipinski definition) is 2. The fourth-order valence-electron chi connectivity index (χ4n) is 3.04. The summed E-state index contributed by atoms with van der Waals surface area (Å²) in [6.45, 7) is 7.69. The van der Waals surface area contributed by atoms with E-state index in [0.29, 0.717) is 5.56 Å². The molecule has 3 nitrogen and oxygen atoms in total. The van der Waals surface area contributed by atoms with Crippen molar-refractivity contribution in [3.63, 3.8) is 0 Å². The van der Waals surface area contributed by atoms with Crippen LogP contribution in [-0.4, -0.2) is 12.5 Å². The minimum atomic E-state index is -0.387. The molecule has 1 amide bonds. The van der Waals surface area contributed by atoms with Gasteiger partial charge in [0.05, 0.1) is 0 Å². The van der Waals surface area contributed by atoms with E-state index in [2.05, 4.69) is 26.1 Å². The molecular weight excluding hydrogens is 248 g/mol. The lowest BCUT2D eigenvalue weighted by atomic mass is 9.73. The SMILES string of the molecule is CC1=C(CNc2cccc(C(N)=O)c2)C(C)(C)CCC1. The molecule has 3 heteroatoms. The Bertz CT molecular complexity index is 544. The summed E-state index contributed by atoms with van der Waals surface area (Å²) in [5.41, 5.74) is 10.1. The Labute approximate surface area is 121 Å². The van der Waals surface area contributed by atoms with Crippen LogP contribution in [0.25, 0.3) is 0 Å². The van der Waals surface area contributed by atoms with Crippen molar-refractivity contribution in [3.05, 3.63) is 41.0 Å². The summed E-state index contributed by atoms with van der Waals surface area (Å²) in [6.07, 6.45) is 3.71. The average Bonchev–Trinajstić information content (AvgIpc) is 2.37. The van der Waals surface area contributed by atoms with Crippen molar-refractivity contribution in [2.24, 2.45) is 11.1 Å². The maximum absolute atomic E-state index is 11.2. The number of hydrogen-bond acceptors (Lipinski definition) is 2. The summed E-state index contributed by atoms with van der Waals surface area (Å²) in [5.74, 6) is -0.387. The summed E-state index contributed by atoms with van der Waals surface area (Å²) >= 11 is 0. The third-order valence-electron chi connectivity index (χ3n) is 4.30. The molecule has 0 atom stereocenters. The van der Waals surface area contributed by atoms with Gasteiger partial charge in [0.1, 0.15) is 0 Å². The van der Waals surface area contributed by atoms with Gasteiger partial charge in [-0.15, -0.1) is 0 Å². The molecule has 1 aliphatic carbocycles. The van der Waals surface area contributed by atoms with Gasteiger partial charge in [0.25, 0.3) is 0 Å². The van der Waals surface area contributed by atoms with Crippen LogP contribution in [-0.2, 0) is 0 Å². The third kappa shape index (κ3) is 3.21. The standard InChI is InChI=1S/C17H24N2O/c1-12-6-5-9-17(2,3)15(12)11-19-14-8-4-7-13(10-14)16(18)20/h4,7-8,10,19H,5-6,9,11H2,1-3H3,(H2,18,20). The van der Waals surface area contributed by atoms with Gasteiger partial charge in [0.15, 0.2) is 0 Å². The highest BCUT2D eigenvalue weighted by Gasteiger charge is 2.27. The van der Waals surface area contributed by atoms with E-state index in [9.17, 15) is 4.79 Å². The second-order valence-corrected chi connectivity index (χ2v) is 6.29. The van der Waals surface area contributed by atoms with E-state index in [0.717, 1.165) is 12.2 Å². The molecule has 3 N–H and O–H groups in total. The van der Waals surface area contributed by atoms with Gasteiger partial charge >= 0.3 is 0 Å². The maximum atomic E-state index is 11.2. The number of amides is 1. The zero-order valence-corrected chi connectivity index (χ0v) is 12.6. The second kappa shape index (κ2) is 5.70. The molecule has 0 aliphatic heterocycles. The van der Waals surface area contributed by atoms with Crippen molar-refractivity contribution in [1.29, 1.82) is 0 Å². The Hall–Kier alpha value is -1.77. The van der Waals surface area contributed by atoms with Crippen molar-refractivity contribution < 1.29 is 4.79 Å². The van der Waals surface area contributed by atoms with Gasteiger partial charge in [-0.3, -0.25) is 4.79 Å². The molecule has 0 saturated carbocycles. The fraction of sp³-hybridized carbons (Fsp3) is 0.471. The average molecular weight is 272 g/mol. The number of nitrogens with two attached hydrogens (primary N) is 1. The van der Waals surface area contributed by atoms with Gasteiger partial charge in [-0.1, -0.05) is 25.5 Å². The Morgan fingerprint density at radius 3 is 2.80 bits per heavy atom. The minimum Gasteiger partial charge on any atom is -0.381 e. The summed E-state index contributed by atoms with van der Waals surface area (Å²) in [4.78, 5) is 11.2.